The van der Waals surface area contributed by atoms with Crippen molar-refractivity contribution in [1.29, 1.82) is 0 Å². The van der Waals surface area contributed by atoms with Gasteiger partial charge in [0.2, 0.25) is 6.79 Å². The number of aromatic nitrogens is 1. The van der Waals surface area contributed by atoms with Crippen molar-refractivity contribution < 1.29 is 19.3 Å². The standard InChI is InChI=1S/C17H20N2O4.ClH/c20-15(9-18-8-14-3-1-2-6-19-14)11-21-10-13-4-5-16-17(7-13)23-12-22-16;/h1-7,15,18,20H,8-12H2;1H. The number of benzene rings is 1. The number of halogens is 1. The largest absolute Gasteiger partial charge is 0.454 e. The smallest absolute Gasteiger partial charge is 0.231 e. The Kier molecular flexibility index (Phi) is 7.27. The highest BCUT2D eigenvalue weighted by Gasteiger charge is 2.13. The zero-order chi connectivity index (χ0) is 15.9. The number of aliphatic hydroxyl groups excluding tert-OH is 1. The van der Waals surface area contributed by atoms with Gasteiger partial charge in [0, 0.05) is 19.3 Å². The van der Waals surface area contributed by atoms with Crippen molar-refractivity contribution >= 4 is 12.4 Å². The molecule has 1 aromatic heterocycles. The van der Waals surface area contributed by atoms with Crippen LogP contribution in [0.15, 0.2) is 42.6 Å². The Balaban J connectivity index is 0.00000208. The molecule has 0 radical (unpaired) electrons. The second kappa shape index (κ2) is 9.44. The molecule has 0 saturated carbocycles. The van der Waals surface area contributed by atoms with Gasteiger partial charge in [0.25, 0.3) is 0 Å². The Hall–Kier alpha value is -1.86. The van der Waals surface area contributed by atoms with Crippen LogP contribution in [0.2, 0.25) is 0 Å². The molecular formula is C17H21ClN2O4. The molecule has 2 N–H and O–H groups in total. The molecule has 1 unspecified atom stereocenters. The summed E-state index contributed by atoms with van der Waals surface area (Å²) in [6, 6.07) is 11.5. The summed E-state index contributed by atoms with van der Waals surface area (Å²) < 4.78 is 16.1. The van der Waals surface area contributed by atoms with Crippen molar-refractivity contribution in [3.05, 3.63) is 53.9 Å². The van der Waals surface area contributed by atoms with E-state index in [-0.39, 0.29) is 25.8 Å². The minimum absolute atomic E-state index is 0. The maximum absolute atomic E-state index is 9.91. The SMILES string of the molecule is Cl.OC(CNCc1ccccn1)COCc1ccc2c(c1)OCO2. The van der Waals surface area contributed by atoms with Crippen molar-refractivity contribution in [1.82, 2.24) is 10.3 Å². The third-order valence-electron chi connectivity index (χ3n) is 3.43. The number of hydrogen-bond acceptors (Lipinski definition) is 6. The number of nitrogens with zero attached hydrogens (tertiary/aromatic N) is 1. The van der Waals surface area contributed by atoms with Crippen LogP contribution in [0.25, 0.3) is 0 Å². The molecule has 7 heteroatoms. The van der Waals surface area contributed by atoms with E-state index in [2.05, 4.69) is 10.3 Å². The van der Waals surface area contributed by atoms with E-state index >= 15 is 0 Å². The zero-order valence-corrected chi connectivity index (χ0v) is 14.0. The van der Waals surface area contributed by atoms with Crippen molar-refractivity contribution in [2.24, 2.45) is 0 Å². The number of fused-ring (bicyclic) bond motifs is 1. The molecule has 0 amide bonds. The van der Waals surface area contributed by atoms with E-state index in [1.807, 2.05) is 36.4 Å². The summed E-state index contributed by atoms with van der Waals surface area (Å²) in [5.41, 5.74) is 1.93. The van der Waals surface area contributed by atoms with E-state index in [4.69, 9.17) is 14.2 Å². The van der Waals surface area contributed by atoms with E-state index in [1.54, 1.807) is 6.20 Å². The Morgan fingerprint density at radius 3 is 2.92 bits per heavy atom. The first kappa shape index (κ1) is 18.5. The van der Waals surface area contributed by atoms with E-state index < -0.39 is 6.10 Å². The summed E-state index contributed by atoms with van der Waals surface area (Å²) in [6.07, 6.45) is 1.19. The summed E-state index contributed by atoms with van der Waals surface area (Å²) in [7, 11) is 0. The third kappa shape index (κ3) is 5.35. The van der Waals surface area contributed by atoms with Crippen LogP contribution in [0.5, 0.6) is 11.5 Å². The van der Waals surface area contributed by atoms with Crippen LogP contribution < -0.4 is 14.8 Å². The molecule has 2 aromatic rings. The van der Waals surface area contributed by atoms with Gasteiger partial charge in [-0.2, -0.15) is 0 Å². The molecule has 1 aromatic carbocycles. The minimum Gasteiger partial charge on any atom is -0.454 e. The fourth-order valence-corrected chi connectivity index (χ4v) is 2.27. The molecule has 0 saturated heterocycles. The fraction of sp³-hybridized carbons (Fsp3) is 0.353. The van der Waals surface area contributed by atoms with Gasteiger partial charge >= 0.3 is 0 Å². The number of nitrogens with one attached hydrogen (secondary N) is 1. The molecule has 0 bridgehead atoms. The first-order valence-electron chi connectivity index (χ1n) is 7.56. The fourth-order valence-electron chi connectivity index (χ4n) is 2.27. The third-order valence-corrected chi connectivity index (χ3v) is 3.43. The number of pyridine rings is 1. The first-order chi connectivity index (χ1) is 11.3. The molecule has 3 rings (SSSR count). The molecule has 1 aliphatic rings. The first-order valence-corrected chi connectivity index (χ1v) is 7.56. The maximum atomic E-state index is 9.91. The van der Waals surface area contributed by atoms with Crippen LogP contribution >= 0.6 is 12.4 Å². The van der Waals surface area contributed by atoms with E-state index in [9.17, 15) is 5.11 Å². The van der Waals surface area contributed by atoms with Crippen molar-refractivity contribution in [2.45, 2.75) is 19.3 Å². The molecule has 0 spiro atoms. The van der Waals surface area contributed by atoms with Gasteiger partial charge < -0.3 is 24.6 Å². The van der Waals surface area contributed by atoms with Gasteiger partial charge in [-0.3, -0.25) is 4.98 Å². The van der Waals surface area contributed by atoms with Crippen LogP contribution in [0.1, 0.15) is 11.3 Å². The molecular weight excluding hydrogens is 332 g/mol. The van der Waals surface area contributed by atoms with E-state index in [0.29, 0.717) is 19.7 Å². The number of rotatable bonds is 8. The molecule has 1 atom stereocenters. The lowest BCUT2D eigenvalue weighted by Gasteiger charge is -2.12. The molecule has 6 nitrogen and oxygen atoms in total. The second-order valence-corrected chi connectivity index (χ2v) is 5.31. The van der Waals surface area contributed by atoms with Crippen LogP contribution in [0.4, 0.5) is 0 Å². The van der Waals surface area contributed by atoms with Crippen molar-refractivity contribution in [2.75, 3.05) is 19.9 Å². The molecule has 1 aliphatic heterocycles. The van der Waals surface area contributed by atoms with Crippen molar-refractivity contribution in [3.63, 3.8) is 0 Å². The lowest BCUT2D eigenvalue weighted by molar-refractivity contribution is 0.0286. The minimum atomic E-state index is -0.562. The second-order valence-electron chi connectivity index (χ2n) is 5.31. The van der Waals surface area contributed by atoms with Gasteiger partial charge in [-0.05, 0) is 29.8 Å². The Bertz CT molecular complexity index is 627. The van der Waals surface area contributed by atoms with Crippen LogP contribution in [0, 0.1) is 0 Å². The molecule has 2 heterocycles. The summed E-state index contributed by atoms with van der Waals surface area (Å²) in [5.74, 6) is 1.50. The topological polar surface area (TPSA) is 72.8 Å². The summed E-state index contributed by atoms with van der Waals surface area (Å²) in [4.78, 5) is 4.21. The highest BCUT2D eigenvalue weighted by molar-refractivity contribution is 5.85. The maximum Gasteiger partial charge on any atom is 0.231 e. The number of ether oxygens (including phenoxy) is 3. The van der Waals surface area contributed by atoms with Crippen molar-refractivity contribution in [3.8, 4) is 11.5 Å². The van der Waals surface area contributed by atoms with Gasteiger partial charge in [0.05, 0.1) is 25.0 Å². The number of aliphatic hydroxyl groups is 1. The lowest BCUT2D eigenvalue weighted by atomic mass is 10.2. The lowest BCUT2D eigenvalue weighted by Crippen LogP contribution is -2.30. The zero-order valence-electron chi connectivity index (χ0n) is 13.2. The number of hydrogen-bond donors (Lipinski definition) is 2. The summed E-state index contributed by atoms with van der Waals surface area (Å²) in [5, 5.41) is 13.1. The van der Waals surface area contributed by atoms with Gasteiger partial charge in [-0.1, -0.05) is 12.1 Å². The Labute approximate surface area is 147 Å². The van der Waals surface area contributed by atoms with Gasteiger partial charge in [0.1, 0.15) is 0 Å². The predicted molar refractivity (Wildman–Crippen MR) is 91.4 cm³/mol. The van der Waals surface area contributed by atoms with E-state index in [0.717, 1.165) is 22.8 Å². The molecule has 0 fully saturated rings. The molecule has 24 heavy (non-hydrogen) atoms. The van der Waals surface area contributed by atoms with Gasteiger partial charge in [-0.25, -0.2) is 0 Å². The van der Waals surface area contributed by atoms with Gasteiger partial charge in [0.15, 0.2) is 11.5 Å². The van der Waals surface area contributed by atoms with Crippen LogP contribution in [0.3, 0.4) is 0 Å². The summed E-state index contributed by atoms with van der Waals surface area (Å²) in [6.45, 7) is 2.04. The average Bonchev–Trinajstić information content (AvgIpc) is 3.03. The highest BCUT2D eigenvalue weighted by Crippen LogP contribution is 2.32. The highest BCUT2D eigenvalue weighted by atomic mass is 35.5. The summed E-state index contributed by atoms with van der Waals surface area (Å²) >= 11 is 0. The quantitative estimate of drug-likeness (QED) is 0.756. The Morgan fingerprint density at radius 1 is 1.21 bits per heavy atom. The predicted octanol–water partition coefficient (Wildman–Crippen LogP) is 1.90. The van der Waals surface area contributed by atoms with Gasteiger partial charge in [-0.15, -0.1) is 12.4 Å². The Morgan fingerprint density at radius 2 is 2.08 bits per heavy atom. The van der Waals surface area contributed by atoms with Crippen LogP contribution in [-0.2, 0) is 17.9 Å². The normalized spacial score (nSPS) is 13.4. The molecule has 0 aliphatic carbocycles. The molecule has 130 valence electrons. The van der Waals surface area contributed by atoms with E-state index in [1.165, 1.54) is 0 Å². The monoisotopic (exact) mass is 352 g/mol. The van der Waals surface area contributed by atoms with Crippen LogP contribution in [-0.4, -0.2) is 36.1 Å². The average molecular weight is 353 g/mol.